The second-order valence-electron chi connectivity index (χ2n) is 7.88. The lowest BCUT2D eigenvalue weighted by Crippen LogP contribution is -2.16. The smallest absolute Gasteiger partial charge is 0.307 e. The number of terminal acetylenes is 1. The molecule has 0 fully saturated rings. The van der Waals surface area contributed by atoms with Crippen LogP contribution in [0.1, 0.15) is 33.3 Å². The van der Waals surface area contributed by atoms with Gasteiger partial charge in [0.05, 0.1) is 11.2 Å². The minimum Gasteiger partial charge on any atom is -0.486 e. The average Bonchev–Trinajstić information content (AvgIpc) is 3.49. The molecule has 0 aliphatic rings. The van der Waals surface area contributed by atoms with Crippen molar-refractivity contribution >= 4 is 23.7 Å². The fourth-order valence-corrected chi connectivity index (χ4v) is 3.80. The first-order valence-corrected chi connectivity index (χ1v) is 11.5. The molecule has 0 atom stereocenters. The molecule has 182 valence electrons. The highest BCUT2D eigenvalue weighted by Crippen LogP contribution is 2.25. The maximum Gasteiger partial charge on any atom is 0.307 e. The van der Waals surface area contributed by atoms with Crippen LogP contribution in [0.2, 0.25) is 5.02 Å². The number of aromatic nitrogens is 1. The van der Waals surface area contributed by atoms with Crippen molar-refractivity contribution < 1.29 is 18.7 Å². The first kappa shape index (κ1) is 24.7. The van der Waals surface area contributed by atoms with Gasteiger partial charge in [-0.15, -0.1) is 6.42 Å². The van der Waals surface area contributed by atoms with Crippen molar-refractivity contribution in [3.8, 4) is 29.5 Å². The Labute approximate surface area is 214 Å². The van der Waals surface area contributed by atoms with Crippen LogP contribution in [0, 0.1) is 26.2 Å². The first-order valence-electron chi connectivity index (χ1n) is 11.1. The number of hydrazone groups is 1. The fraction of sp³-hybridized carbons (Fsp3) is 0.143. The highest BCUT2D eigenvalue weighted by Gasteiger charge is 2.11. The van der Waals surface area contributed by atoms with E-state index in [1.165, 1.54) is 17.6 Å². The lowest BCUT2D eigenvalue weighted by Gasteiger charge is -2.10. The summed E-state index contributed by atoms with van der Waals surface area (Å²) in [4.78, 5) is 12.3. The van der Waals surface area contributed by atoms with Crippen molar-refractivity contribution in [3.63, 3.8) is 0 Å². The van der Waals surface area contributed by atoms with E-state index in [-0.39, 0.29) is 19.0 Å². The zero-order valence-corrected chi connectivity index (χ0v) is 20.6. The minimum absolute atomic E-state index is 0.121. The lowest BCUT2D eigenvalue weighted by molar-refractivity contribution is 0.0923. The van der Waals surface area contributed by atoms with Gasteiger partial charge in [0.15, 0.2) is 5.76 Å². The second kappa shape index (κ2) is 11.3. The van der Waals surface area contributed by atoms with Crippen LogP contribution in [0.4, 0.5) is 0 Å². The first-order chi connectivity index (χ1) is 17.4. The molecule has 0 spiro atoms. The Balaban J connectivity index is 1.29. The molecule has 7 nitrogen and oxygen atoms in total. The quantitative estimate of drug-likeness (QED) is 0.181. The van der Waals surface area contributed by atoms with E-state index >= 15 is 0 Å². The van der Waals surface area contributed by atoms with Crippen LogP contribution in [0.15, 0.2) is 76.2 Å². The van der Waals surface area contributed by atoms with Crippen molar-refractivity contribution in [1.29, 1.82) is 0 Å². The largest absolute Gasteiger partial charge is 0.486 e. The molecule has 8 heteroatoms. The molecule has 0 radical (unpaired) electrons. The summed E-state index contributed by atoms with van der Waals surface area (Å²) in [5.41, 5.74) is 6.50. The zero-order valence-electron chi connectivity index (χ0n) is 19.8. The third kappa shape index (κ3) is 5.98. The van der Waals surface area contributed by atoms with E-state index in [0.717, 1.165) is 5.69 Å². The number of hydrogen-bond acceptors (Lipinski definition) is 5. The molecule has 0 saturated carbocycles. The maximum atomic E-state index is 12.3. The molecular formula is C28H24ClN3O4. The summed E-state index contributed by atoms with van der Waals surface area (Å²) >= 11 is 6.15. The van der Waals surface area contributed by atoms with Gasteiger partial charge in [-0.1, -0.05) is 17.5 Å². The molecule has 2 aromatic heterocycles. The van der Waals surface area contributed by atoms with Crippen molar-refractivity contribution in [2.24, 2.45) is 5.10 Å². The zero-order chi connectivity index (χ0) is 25.5. The number of ether oxygens (including phenoxy) is 2. The number of nitrogens with zero attached hydrogens (tertiary/aromatic N) is 2. The fourth-order valence-electron chi connectivity index (χ4n) is 3.55. The van der Waals surface area contributed by atoms with Crippen molar-refractivity contribution in [2.75, 3.05) is 6.61 Å². The van der Waals surface area contributed by atoms with Gasteiger partial charge in [0, 0.05) is 17.1 Å². The van der Waals surface area contributed by atoms with Crippen molar-refractivity contribution in [2.45, 2.75) is 20.5 Å². The predicted octanol–water partition coefficient (Wildman–Crippen LogP) is 5.70. The maximum absolute atomic E-state index is 12.3. The number of hydrogen-bond donors (Lipinski definition) is 1. The normalized spacial score (nSPS) is 10.8. The van der Waals surface area contributed by atoms with Crippen LogP contribution in [0.25, 0.3) is 5.69 Å². The SMILES string of the molecule is C#CCOc1ccc(/C=N/NC(=O)c2ccc(COc3ccc(-n4c(C)ccc4C)cc3)o2)cc1Cl. The summed E-state index contributed by atoms with van der Waals surface area (Å²) in [6.07, 6.45) is 6.64. The van der Waals surface area contributed by atoms with Crippen LogP contribution in [-0.2, 0) is 6.61 Å². The summed E-state index contributed by atoms with van der Waals surface area (Å²) in [5, 5.41) is 4.34. The van der Waals surface area contributed by atoms with Gasteiger partial charge in [0.1, 0.15) is 30.5 Å². The molecule has 4 rings (SSSR count). The van der Waals surface area contributed by atoms with Crippen molar-refractivity contribution in [1.82, 2.24) is 9.99 Å². The van der Waals surface area contributed by atoms with E-state index in [0.29, 0.717) is 27.8 Å². The van der Waals surface area contributed by atoms with Crippen LogP contribution >= 0.6 is 11.6 Å². The third-order valence-electron chi connectivity index (χ3n) is 5.28. The Morgan fingerprint density at radius 2 is 1.83 bits per heavy atom. The molecule has 36 heavy (non-hydrogen) atoms. The molecule has 0 aliphatic heterocycles. The Hall–Kier alpha value is -4.41. The topological polar surface area (TPSA) is 78.0 Å². The summed E-state index contributed by atoms with van der Waals surface area (Å²) < 4.78 is 18.9. The number of carbonyl (C=O) groups excluding carboxylic acids is 1. The second-order valence-corrected chi connectivity index (χ2v) is 8.29. The molecule has 1 N–H and O–H groups in total. The van der Waals surface area contributed by atoms with E-state index in [1.807, 2.05) is 24.3 Å². The van der Waals surface area contributed by atoms with Crippen LogP contribution in [-0.4, -0.2) is 23.3 Å². The molecule has 2 heterocycles. The standard InChI is InChI=1S/C28H24ClN3O4/c1-4-15-34-26-13-7-21(16-25(26)29)17-30-31-28(33)27-14-12-24(36-27)18-35-23-10-8-22(9-11-23)32-19(2)5-6-20(32)3/h1,5-14,16-17H,15,18H2,2-3H3,(H,31,33)/b30-17+. The van der Waals surface area contributed by atoms with E-state index in [9.17, 15) is 4.79 Å². The van der Waals surface area contributed by atoms with Gasteiger partial charge >= 0.3 is 5.91 Å². The van der Waals surface area contributed by atoms with Crippen LogP contribution in [0.5, 0.6) is 11.5 Å². The van der Waals surface area contributed by atoms with Crippen LogP contribution in [0.3, 0.4) is 0 Å². The molecule has 0 aliphatic carbocycles. The van der Waals surface area contributed by atoms with Gasteiger partial charge in [-0.25, -0.2) is 5.43 Å². The molecule has 0 bridgehead atoms. The number of amides is 1. The Morgan fingerprint density at radius 1 is 1.08 bits per heavy atom. The molecule has 4 aromatic rings. The third-order valence-corrected chi connectivity index (χ3v) is 5.57. The molecule has 0 saturated heterocycles. The number of nitrogens with one attached hydrogen (secondary N) is 1. The number of rotatable bonds is 9. The highest BCUT2D eigenvalue weighted by molar-refractivity contribution is 6.32. The van der Waals surface area contributed by atoms with Crippen LogP contribution < -0.4 is 14.9 Å². The van der Waals surface area contributed by atoms with Gasteiger partial charge in [0.25, 0.3) is 0 Å². The lowest BCUT2D eigenvalue weighted by atomic mass is 10.2. The van der Waals surface area contributed by atoms with E-state index in [4.69, 9.17) is 31.9 Å². The Morgan fingerprint density at radius 3 is 2.53 bits per heavy atom. The summed E-state index contributed by atoms with van der Waals surface area (Å²) in [6, 6.07) is 20.3. The molecular weight excluding hydrogens is 478 g/mol. The van der Waals surface area contributed by atoms with Gasteiger partial charge in [-0.05, 0) is 86.1 Å². The van der Waals surface area contributed by atoms with Gasteiger partial charge in [-0.2, -0.15) is 5.10 Å². The monoisotopic (exact) mass is 501 g/mol. The molecule has 0 unspecified atom stereocenters. The number of carbonyl (C=O) groups is 1. The molecule has 1 amide bonds. The number of halogens is 1. The van der Waals surface area contributed by atoms with E-state index in [1.54, 1.807) is 30.3 Å². The van der Waals surface area contributed by atoms with Crippen molar-refractivity contribution in [3.05, 3.63) is 100 Å². The Bertz CT molecular complexity index is 1410. The average molecular weight is 502 g/mol. The van der Waals surface area contributed by atoms with E-state index < -0.39 is 5.91 Å². The molecule has 2 aromatic carbocycles. The van der Waals surface area contributed by atoms with Gasteiger partial charge in [-0.3, -0.25) is 4.79 Å². The highest BCUT2D eigenvalue weighted by atomic mass is 35.5. The predicted molar refractivity (Wildman–Crippen MR) is 139 cm³/mol. The number of aryl methyl sites for hydroxylation is 2. The summed E-state index contributed by atoms with van der Waals surface area (Å²) in [5.74, 6) is 3.70. The summed E-state index contributed by atoms with van der Waals surface area (Å²) in [6.45, 7) is 4.45. The van der Waals surface area contributed by atoms with Gasteiger partial charge < -0.3 is 18.5 Å². The Kier molecular flexibility index (Phi) is 7.79. The van der Waals surface area contributed by atoms with Gasteiger partial charge in [0.2, 0.25) is 0 Å². The number of benzene rings is 2. The summed E-state index contributed by atoms with van der Waals surface area (Å²) in [7, 11) is 0. The number of furan rings is 1. The van der Waals surface area contributed by atoms with E-state index in [2.05, 4.69) is 47.0 Å². The minimum atomic E-state index is -0.487.